The number of thioether (sulfide) groups is 1. The average molecular weight is 237 g/mol. The highest BCUT2D eigenvalue weighted by molar-refractivity contribution is 7.99. The van der Waals surface area contributed by atoms with Crippen LogP contribution in [0.25, 0.3) is 0 Å². The number of nitrogens with zero attached hydrogens (tertiary/aromatic N) is 1. The van der Waals surface area contributed by atoms with Crippen LogP contribution in [-0.4, -0.2) is 28.4 Å². The lowest BCUT2D eigenvalue weighted by molar-refractivity contribution is 0.0935. The molecule has 1 saturated heterocycles. The van der Waals surface area contributed by atoms with E-state index in [0.717, 1.165) is 24.3 Å². The average Bonchev–Trinajstić information content (AvgIpc) is 2.31. The molecule has 1 aromatic rings. The minimum Gasteiger partial charge on any atom is -0.397 e. The molecule has 4 nitrogen and oxygen atoms in total. The van der Waals surface area contributed by atoms with Crippen LogP contribution in [0.15, 0.2) is 18.5 Å². The third-order valence-corrected chi connectivity index (χ3v) is 3.70. The van der Waals surface area contributed by atoms with Gasteiger partial charge in [-0.1, -0.05) is 0 Å². The topological polar surface area (TPSA) is 68.0 Å². The Balaban J connectivity index is 2.00. The van der Waals surface area contributed by atoms with Gasteiger partial charge in [0.25, 0.3) is 5.91 Å². The number of anilines is 1. The molecule has 0 spiro atoms. The van der Waals surface area contributed by atoms with Crippen LogP contribution in [0.4, 0.5) is 5.69 Å². The van der Waals surface area contributed by atoms with Crippen molar-refractivity contribution in [3.63, 3.8) is 0 Å². The second-order valence-corrected chi connectivity index (χ2v) is 5.05. The highest BCUT2D eigenvalue weighted by atomic mass is 32.2. The van der Waals surface area contributed by atoms with E-state index < -0.39 is 0 Å². The summed E-state index contributed by atoms with van der Waals surface area (Å²) < 4.78 is 0. The zero-order valence-electron chi connectivity index (χ0n) is 8.98. The Morgan fingerprint density at radius 3 is 2.94 bits per heavy atom. The molecule has 0 bridgehead atoms. The maximum absolute atomic E-state index is 11.9. The van der Waals surface area contributed by atoms with Gasteiger partial charge in [-0.05, 0) is 30.4 Å². The maximum atomic E-state index is 11.9. The fourth-order valence-corrected chi connectivity index (χ4v) is 2.83. The smallest absolute Gasteiger partial charge is 0.253 e. The van der Waals surface area contributed by atoms with E-state index in [0.29, 0.717) is 17.3 Å². The predicted octanol–water partition coefficient (Wildman–Crippen LogP) is 1.29. The second kappa shape index (κ2) is 5.21. The molecule has 0 unspecified atom stereocenters. The van der Waals surface area contributed by atoms with Gasteiger partial charge < -0.3 is 11.1 Å². The third-order valence-electron chi connectivity index (χ3n) is 2.65. The van der Waals surface area contributed by atoms with Crippen molar-refractivity contribution in [3.05, 3.63) is 24.0 Å². The molecule has 1 aromatic heterocycles. The molecule has 0 radical (unpaired) electrons. The van der Waals surface area contributed by atoms with Gasteiger partial charge in [-0.2, -0.15) is 11.8 Å². The van der Waals surface area contributed by atoms with E-state index in [2.05, 4.69) is 10.3 Å². The highest BCUT2D eigenvalue weighted by Crippen LogP contribution is 2.18. The number of hydrogen-bond acceptors (Lipinski definition) is 4. The zero-order valence-corrected chi connectivity index (χ0v) is 9.80. The lowest BCUT2D eigenvalue weighted by Gasteiger charge is -2.22. The second-order valence-electron chi connectivity index (χ2n) is 3.82. The normalized spacial score (nSPS) is 17.0. The van der Waals surface area contributed by atoms with Crippen molar-refractivity contribution in [3.8, 4) is 0 Å². The fourth-order valence-electron chi connectivity index (χ4n) is 1.72. The van der Waals surface area contributed by atoms with Gasteiger partial charge in [-0.25, -0.2) is 0 Å². The molecule has 0 aliphatic carbocycles. The molecule has 3 N–H and O–H groups in total. The molecular weight excluding hydrogens is 222 g/mol. The fraction of sp³-hybridized carbons (Fsp3) is 0.455. The molecule has 1 fully saturated rings. The van der Waals surface area contributed by atoms with Crippen molar-refractivity contribution in [2.45, 2.75) is 18.9 Å². The molecule has 0 atom stereocenters. The van der Waals surface area contributed by atoms with Crippen molar-refractivity contribution in [1.82, 2.24) is 10.3 Å². The first-order valence-electron chi connectivity index (χ1n) is 5.35. The van der Waals surface area contributed by atoms with Gasteiger partial charge in [0.05, 0.1) is 17.4 Å². The molecule has 16 heavy (non-hydrogen) atoms. The van der Waals surface area contributed by atoms with Gasteiger partial charge in [0.2, 0.25) is 0 Å². The van der Waals surface area contributed by atoms with E-state index in [-0.39, 0.29) is 5.91 Å². The predicted molar refractivity (Wildman–Crippen MR) is 66.5 cm³/mol. The monoisotopic (exact) mass is 237 g/mol. The standard InChI is InChI=1S/C11H15N3OS/c12-10-7-13-4-1-9(10)11(15)14-8-2-5-16-6-3-8/h1,4,7-8H,2-3,5-6,12H2,(H,14,15). The summed E-state index contributed by atoms with van der Waals surface area (Å²) in [5, 5.41) is 3.02. The summed E-state index contributed by atoms with van der Waals surface area (Å²) in [4.78, 5) is 15.8. The van der Waals surface area contributed by atoms with Crippen LogP contribution in [-0.2, 0) is 0 Å². The molecule has 2 rings (SSSR count). The van der Waals surface area contributed by atoms with Crippen LogP contribution < -0.4 is 11.1 Å². The Morgan fingerprint density at radius 1 is 1.50 bits per heavy atom. The van der Waals surface area contributed by atoms with Gasteiger partial charge in [0.1, 0.15) is 0 Å². The molecule has 1 aliphatic rings. The van der Waals surface area contributed by atoms with Gasteiger partial charge in [-0.15, -0.1) is 0 Å². The van der Waals surface area contributed by atoms with Crippen LogP contribution in [0.2, 0.25) is 0 Å². The summed E-state index contributed by atoms with van der Waals surface area (Å²) in [5.74, 6) is 2.16. The first-order chi connectivity index (χ1) is 7.77. The molecule has 5 heteroatoms. The first-order valence-corrected chi connectivity index (χ1v) is 6.51. The molecule has 2 heterocycles. The van der Waals surface area contributed by atoms with Gasteiger partial charge in [0.15, 0.2) is 0 Å². The molecule has 1 amide bonds. The number of pyridine rings is 1. The highest BCUT2D eigenvalue weighted by Gasteiger charge is 2.17. The van der Waals surface area contributed by atoms with E-state index in [1.807, 2.05) is 11.8 Å². The lowest BCUT2D eigenvalue weighted by Crippen LogP contribution is -2.37. The number of carbonyl (C=O) groups excluding carboxylic acids is 1. The van der Waals surface area contributed by atoms with Gasteiger partial charge in [0, 0.05) is 12.2 Å². The summed E-state index contributed by atoms with van der Waals surface area (Å²) in [6.07, 6.45) is 5.18. The van der Waals surface area contributed by atoms with Gasteiger partial charge in [-0.3, -0.25) is 9.78 Å². The van der Waals surface area contributed by atoms with Crippen molar-refractivity contribution in [2.24, 2.45) is 0 Å². The molecule has 1 aliphatic heterocycles. The van der Waals surface area contributed by atoms with Crippen LogP contribution in [0.1, 0.15) is 23.2 Å². The lowest BCUT2D eigenvalue weighted by atomic mass is 10.1. The Labute approximate surface area is 99.0 Å². The van der Waals surface area contributed by atoms with Crippen molar-refractivity contribution in [2.75, 3.05) is 17.2 Å². The van der Waals surface area contributed by atoms with Crippen LogP contribution in [0.5, 0.6) is 0 Å². The Morgan fingerprint density at radius 2 is 2.25 bits per heavy atom. The molecule has 0 saturated carbocycles. The molecular formula is C11H15N3OS. The summed E-state index contributed by atoms with van der Waals surface area (Å²) in [5.41, 5.74) is 6.66. The third kappa shape index (κ3) is 2.66. The van der Waals surface area contributed by atoms with E-state index in [1.54, 1.807) is 12.3 Å². The number of nitrogens with one attached hydrogen (secondary N) is 1. The van der Waals surface area contributed by atoms with Crippen molar-refractivity contribution < 1.29 is 4.79 Å². The van der Waals surface area contributed by atoms with E-state index in [1.165, 1.54) is 6.20 Å². The minimum absolute atomic E-state index is 0.0863. The number of amides is 1. The van der Waals surface area contributed by atoms with Crippen molar-refractivity contribution >= 4 is 23.4 Å². The summed E-state index contributed by atoms with van der Waals surface area (Å²) in [6.45, 7) is 0. The first kappa shape index (κ1) is 11.3. The summed E-state index contributed by atoms with van der Waals surface area (Å²) >= 11 is 1.94. The van der Waals surface area contributed by atoms with Crippen LogP contribution in [0.3, 0.4) is 0 Å². The van der Waals surface area contributed by atoms with Crippen LogP contribution in [0, 0.1) is 0 Å². The van der Waals surface area contributed by atoms with E-state index in [4.69, 9.17) is 5.73 Å². The summed E-state index contributed by atoms with van der Waals surface area (Å²) in [7, 11) is 0. The maximum Gasteiger partial charge on any atom is 0.253 e. The number of nitrogens with two attached hydrogens (primary N) is 1. The van der Waals surface area contributed by atoms with Gasteiger partial charge >= 0.3 is 0 Å². The van der Waals surface area contributed by atoms with E-state index >= 15 is 0 Å². The SMILES string of the molecule is Nc1cnccc1C(=O)NC1CCSCC1. The Bertz CT molecular complexity index is 377. The number of aromatic nitrogens is 1. The number of hydrogen-bond donors (Lipinski definition) is 2. The number of carbonyl (C=O) groups is 1. The Kier molecular flexibility index (Phi) is 3.66. The Hall–Kier alpha value is -1.23. The zero-order chi connectivity index (χ0) is 11.4. The van der Waals surface area contributed by atoms with E-state index in [9.17, 15) is 4.79 Å². The number of rotatable bonds is 2. The quantitative estimate of drug-likeness (QED) is 0.813. The van der Waals surface area contributed by atoms with Crippen LogP contribution >= 0.6 is 11.8 Å². The minimum atomic E-state index is -0.0863. The number of nitrogen functional groups attached to an aromatic ring is 1. The summed E-state index contributed by atoms with van der Waals surface area (Å²) in [6, 6.07) is 1.95. The van der Waals surface area contributed by atoms with Crippen molar-refractivity contribution in [1.29, 1.82) is 0 Å². The molecule has 0 aromatic carbocycles. The largest absolute Gasteiger partial charge is 0.397 e. The molecule has 86 valence electrons.